The molecule has 0 aromatic heterocycles. The van der Waals surface area contributed by atoms with Crippen LogP contribution in [0.15, 0.2) is 78.4 Å². The van der Waals surface area contributed by atoms with Crippen molar-refractivity contribution in [3.8, 4) is 11.1 Å². The summed E-state index contributed by atoms with van der Waals surface area (Å²) in [5.74, 6) is 2.72. The van der Waals surface area contributed by atoms with Gasteiger partial charge in [0.15, 0.2) is 0 Å². The SMILES string of the molecule is CC1C(C)C([Si](C)(C)N(C2CCCCC2)C(C)(C)C)C2C=C3C(=CC12)C(C)(C)c1cc(-c2cccc4ccccc24)ccc13. The van der Waals surface area contributed by atoms with Crippen LogP contribution in [0.2, 0.25) is 18.6 Å². The Morgan fingerprint density at radius 1 is 0.773 bits per heavy atom. The van der Waals surface area contributed by atoms with Crippen LogP contribution in [0.4, 0.5) is 0 Å². The van der Waals surface area contributed by atoms with E-state index in [1.54, 1.807) is 11.1 Å². The third kappa shape index (κ3) is 4.57. The van der Waals surface area contributed by atoms with Gasteiger partial charge in [0.2, 0.25) is 0 Å². The summed E-state index contributed by atoms with van der Waals surface area (Å²) in [5.41, 5.74) is 9.79. The second-order valence-corrected chi connectivity index (χ2v) is 21.4. The van der Waals surface area contributed by atoms with E-state index in [-0.39, 0.29) is 11.0 Å². The molecule has 1 nitrogen and oxygen atoms in total. The minimum Gasteiger partial charge on any atom is -0.316 e. The molecule has 2 heteroatoms. The van der Waals surface area contributed by atoms with Gasteiger partial charge in [-0.25, -0.2) is 0 Å². The van der Waals surface area contributed by atoms with E-state index in [1.165, 1.54) is 65.1 Å². The van der Waals surface area contributed by atoms with Gasteiger partial charge in [-0.05, 0) is 113 Å². The molecule has 0 N–H and O–H groups in total. The first kappa shape index (κ1) is 30.2. The fourth-order valence-corrected chi connectivity index (χ4v) is 17.1. The quantitative estimate of drug-likeness (QED) is 0.269. The fourth-order valence-electron chi connectivity index (χ4n) is 11.0. The highest BCUT2D eigenvalue weighted by Gasteiger charge is 2.58. The zero-order valence-corrected chi connectivity index (χ0v) is 29.9. The van der Waals surface area contributed by atoms with Crippen molar-refractivity contribution in [1.82, 2.24) is 4.57 Å². The second kappa shape index (κ2) is 10.6. The summed E-state index contributed by atoms with van der Waals surface area (Å²) in [6.07, 6.45) is 12.6. The van der Waals surface area contributed by atoms with Gasteiger partial charge in [-0.3, -0.25) is 0 Å². The van der Waals surface area contributed by atoms with E-state index >= 15 is 0 Å². The zero-order valence-electron chi connectivity index (χ0n) is 28.9. The van der Waals surface area contributed by atoms with E-state index < -0.39 is 8.24 Å². The molecule has 5 atom stereocenters. The van der Waals surface area contributed by atoms with Crippen LogP contribution in [-0.4, -0.2) is 24.4 Å². The molecule has 44 heavy (non-hydrogen) atoms. The van der Waals surface area contributed by atoms with E-state index in [0.717, 1.165) is 17.5 Å². The average molecular weight is 602 g/mol. The topological polar surface area (TPSA) is 3.24 Å². The van der Waals surface area contributed by atoms with Crippen molar-refractivity contribution in [3.05, 3.63) is 89.5 Å². The van der Waals surface area contributed by atoms with Crippen LogP contribution in [-0.2, 0) is 5.41 Å². The molecule has 2 fully saturated rings. The van der Waals surface area contributed by atoms with Crippen molar-refractivity contribution in [1.29, 1.82) is 0 Å². The molecule has 0 amide bonds. The number of nitrogens with zero attached hydrogens (tertiary/aromatic N) is 1. The molecule has 0 saturated heterocycles. The lowest BCUT2D eigenvalue weighted by atomic mass is 9.74. The Morgan fingerprint density at radius 3 is 2.20 bits per heavy atom. The Bertz CT molecular complexity index is 1640. The van der Waals surface area contributed by atoms with Crippen molar-refractivity contribution in [2.24, 2.45) is 23.7 Å². The van der Waals surface area contributed by atoms with E-state index in [9.17, 15) is 0 Å². The molecule has 3 aromatic rings. The monoisotopic (exact) mass is 601 g/mol. The Balaban J connectivity index is 1.31. The van der Waals surface area contributed by atoms with Crippen LogP contribution in [0.1, 0.15) is 91.7 Å². The van der Waals surface area contributed by atoms with Gasteiger partial charge in [0, 0.05) is 17.0 Å². The number of rotatable bonds is 4. The first-order chi connectivity index (χ1) is 20.8. The highest BCUT2D eigenvalue weighted by atomic mass is 28.3. The van der Waals surface area contributed by atoms with Crippen molar-refractivity contribution in [2.75, 3.05) is 0 Å². The molecule has 0 spiro atoms. The minimum atomic E-state index is -1.83. The summed E-state index contributed by atoms with van der Waals surface area (Å²) >= 11 is 0. The maximum absolute atomic E-state index is 3.14. The summed E-state index contributed by atoms with van der Waals surface area (Å²) in [5, 5.41) is 2.66. The van der Waals surface area contributed by atoms with E-state index in [1.807, 2.05) is 0 Å². The first-order valence-electron chi connectivity index (χ1n) is 17.7. The molecule has 7 rings (SSSR count). The van der Waals surface area contributed by atoms with Crippen LogP contribution in [0.5, 0.6) is 0 Å². The molecule has 2 saturated carbocycles. The van der Waals surface area contributed by atoms with E-state index in [2.05, 4.69) is 139 Å². The Hall–Kier alpha value is -2.42. The van der Waals surface area contributed by atoms with Gasteiger partial charge in [-0.2, -0.15) is 0 Å². The molecule has 0 aliphatic heterocycles. The van der Waals surface area contributed by atoms with E-state index in [4.69, 9.17) is 0 Å². The molecule has 3 aromatic carbocycles. The first-order valence-corrected chi connectivity index (χ1v) is 20.7. The fraction of sp³-hybridized carbons (Fsp3) is 0.524. The van der Waals surface area contributed by atoms with Gasteiger partial charge >= 0.3 is 0 Å². The Kier molecular flexibility index (Phi) is 7.26. The average Bonchev–Trinajstić information content (AvgIpc) is 3.37. The van der Waals surface area contributed by atoms with Gasteiger partial charge < -0.3 is 4.57 Å². The summed E-state index contributed by atoms with van der Waals surface area (Å²) in [6.45, 7) is 23.2. The van der Waals surface area contributed by atoms with E-state index in [0.29, 0.717) is 17.8 Å². The highest BCUT2D eigenvalue weighted by molar-refractivity contribution is 6.76. The zero-order chi connectivity index (χ0) is 31.2. The number of benzene rings is 3. The second-order valence-electron chi connectivity index (χ2n) is 17.0. The van der Waals surface area contributed by atoms with Crippen molar-refractivity contribution >= 4 is 24.6 Å². The molecule has 232 valence electrons. The summed E-state index contributed by atoms with van der Waals surface area (Å²) in [6, 6.07) is 23.7. The molecule has 0 radical (unpaired) electrons. The van der Waals surface area contributed by atoms with Crippen LogP contribution in [0.3, 0.4) is 0 Å². The number of fused-ring (bicyclic) bond motifs is 5. The highest BCUT2D eigenvalue weighted by Crippen LogP contribution is 2.63. The van der Waals surface area contributed by atoms with Crippen LogP contribution >= 0.6 is 0 Å². The Labute approximate surface area is 268 Å². The molecule has 4 aliphatic carbocycles. The van der Waals surface area contributed by atoms with Crippen LogP contribution < -0.4 is 0 Å². The van der Waals surface area contributed by atoms with Crippen molar-refractivity contribution in [3.63, 3.8) is 0 Å². The van der Waals surface area contributed by atoms with Crippen molar-refractivity contribution in [2.45, 2.75) is 116 Å². The van der Waals surface area contributed by atoms with Crippen LogP contribution in [0, 0.1) is 23.7 Å². The summed E-state index contributed by atoms with van der Waals surface area (Å²) in [4.78, 5) is 0. The molecule has 0 bridgehead atoms. The number of hydrogen-bond donors (Lipinski definition) is 0. The lowest BCUT2D eigenvalue weighted by molar-refractivity contribution is 0.138. The summed E-state index contributed by atoms with van der Waals surface area (Å²) in [7, 11) is -1.83. The minimum absolute atomic E-state index is 0.0142. The van der Waals surface area contributed by atoms with Gasteiger partial charge in [0.05, 0.1) is 0 Å². The third-order valence-electron chi connectivity index (χ3n) is 12.7. The molecular formula is C42H55NSi. The predicted molar refractivity (Wildman–Crippen MR) is 193 cm³/mol. The maximum atomic E-state index is 3.14. The standard InChI is InChI=1S/C42H55NSi/c1-27-28(2)40(44(8,9)43(41(3,4)5)31-18-11-10-12-19-31)37-25-36-34-23-22-30(24-38(34)42(6,7)39(36)26-35(27)37)33-21-15-17-29-16-13-14-20-32(29)33/h13-17,20-28,31,35,37,40H,10-12,18-19H2,1-9H3. The van der Waals surface area contributed by atoms with Gasteiger partial charge in [0.25, 0.3) is 0 Å². The lowest BCUT2D eigenvalue weighted by Crippen LogP contribution is -2.65. The van der Waals surface area contributed by atoms with Crippen LogP contribution in [0.25, 0.3) is 27.5 Å². The normalized spacial score (nSPS) is 28.5. The largest absolute Gasteiger partial charge is 0.316 e. The summed E-state index contributed by atoms with van der Waals surface area (Å²) < 4.78 is 3.14. The third-order valence-corrected chi connectivity index (χ3v) is 17.5. The van der Waals surface area contributed by atoms with Gasteiger partial charge in [-0.15, -0.1) is 0 Å². The maximum Gasteiger partial charge on any atom is 0.127 e. The molecule has 0 heterocycles. The van der Waals surface area contributed by atoms with Gasteiger partial charge in [0.1, 0.15) is 8.24 Å². The molecule has 5 unspecified atom stereocenters. The Morgan fingerprint density at radius 2 is 1.48 bits per heavy atom. The molecular weight excluding hydrogens is 547 g/mol. The lowest BCUT2D eigenvalue weighted by Gasteiger charge is -2.56. The smallest absolute Gasteiger partial charge is 0.127 e. The number of hydrogen-bond acceptors (Lipinski definition) is 1. The number of allylic oxidation sites excluding steroid dienone is 4. The van der Waals surface area contributed by atoms with Gasteiger partial charge in [-0.1, -0.05) is 127 Å². The predicted octanol–water partition coefficient (Wildman–Crippen LogP) is 11.6. The molecule has 4 aliphatic rings. The van der Waals surface area contributed by atoms with Crippen molar-refractivity contribution < 1.29 is 0 Å².